The molecule has 2 N–H and O–H groups in total. The molecular formula is C20H16F3N3O3. The Balaban J connectivity index is 1.71. The van der Waals surface area contributed by atoms with Crippen molar-refractivity contribution in [2.24, 2.45) is 0 Å². The first-order valence-corrected chi connectivity index (χ1v) is 8.53. The molecule has 0 unspecified atom stereocenters. The monoisotopic (exact) mass is 403 g/mol. The van der Waals surface area contributed by atoms with Crippen molar-refractivity contribution in [3.63, 3.8) is 0 Å². The van der Waals surface area contributed by atoms with Crippen LogP contribution in [0.1, 0.15) is 16.7 Å². The quantitative estimate of drug-likeness (QED) is 0.603. The Bertz CT molecular complexity index is 982. The van der Waals surface area contributed by atoms with Crippen molar-refractivity contribution in [2.75, 3.05) is 16.8 Å². The van der Waals surface area contributed by atoms with Gasteiger partial charge in [-0.15, -0.1) is 0 Å². The van der Waals surface area contributed by atoms with E-state index in [0.717, 1.165) is 17.0 Å². The zero-order chi connectivity index (χ0) is 21.2. The van der Waals surface area contributed by atoms with E-state index in [1.165, 1.54) is 30.4 Å². The molecule has 29 heavy (non-hydrogen) atoms. The van der Waals surface area contributed by atoms with E-state index in [0.29, 0.717) is 22.5 Å². The van der Waals surface area contributed by atoms with Gasteiger partial charge < -0.3 is 10.6 Å². The largest absolute Gasteiger partial charge is 0.416 e. The van der Waals surface area contributed by atoms with Crippen LogP contribution < -0.4 is 15.5 Å². The molecule has 9 heteroatoms. The number of nitrogens with one attached hydrogen (secondary N) is 2. The van der Waals surface area contributed by atoms with Crippen LogP contribution in [0.4, 0.5) is 29.3 Å². The topological polar surface area (TPSA) is 78.5 Å². The van der Waals surface area contributed by atoms with Crippen LogP contribution in [0.3, 0.4) is 0 Å². The fourth-order valence-corrected chi connectivity index (χ4v) is 2.73. The molecule has 1 aliphatic rings. The summed E-state index contributed by atoms with van der Waals surface area (Å²) in [4.78, 5) is 36.9. The number of benzene rings is 2. The maximum Gasteiger partial charge on any atom is 0.416 e. The number of imide groups is 1. The van der Waals surface area contributed by atoms with Gasteiger partial charge in [-0.3, -0.25) is 9.59 Å². The van der Waals surface area contributed by atoms with Gasteiger partial charge in [0.2, 0.25) is 5.91 Å². The Morgan fingerprint density at radius 1 is 1.14 bits per heavy atom. The van der Waals surface area contributed by atoms with Crippen molar-refractivity contribution < 1.29 is 27.6 Å². The van der Waals surface area contributed by atoms with Gasteiger partial charge in [0, 0.05) is 11.8 Å². The summed E-state index contributed by atoms with van der Waals surface area (Å²) in [7, 11) is 0. The first-order valence-electron chi connectivity index (χ1n) is 8.53. The number of carbonyl (C=O) groups is 3. The first kappa shape index (κ1) is 20.1. The average Bonchev–Trinajstić information content (AvgIpc) is 2.99. The number of hydrogen-bond donors (Lipinski definition) is 2. The van der Waals surface area contributed by atoms with E-state index in [9.17, 15) is 27.6 Å². The van der Waals surface area contributed by atoms with Crippen molar-refractivity contribution in [1.82, 2.24) is 5.32 Å². The third kappa shape index (κ3) is 4.63. The summed E-state index contributed by atoms with van der Waals surface area (Å²) in [5.41, 5.74) is 1.05. The van der Waals surface area contributed by atoms with Crippen LogP contribution in [0, 0.1) is 6.92 Å². The number of rotatable bonds is 4. The third-order valence-electron chi connectivity index (χ3n) is 4.23. The molecule has 2 aromatic rings. The summed E-state index contributed by atoms with van der Waals surface area (Å²) in [5, 5.41) is 5.02. The lowest BCUT2D eigenvalue weighted by atomic mass is 10.1. The highest BCUT2D eigenvalue weighted by Crippen LogP contribution is 2.29. The van der Waals surface area contributed by atoms with Gasteiger partial charge in [0.1, 0.15) is 0 Å². The van der Waals surface area contributed by atoms with Crippen molar-refractivity contribution >= 4 is 35.3 Å². The molecule has 0 spiro atoms. The van der Waals surface area contributed by atoms with E-state index < -0.39 is 29.6 Å². The van der Waals surface area contributed by atoms with Crippen molar-refractivity contribution in [3.8, 4) is 0 Å². The molecule has 0 radical (unpaired) electrons. The zero-order valence-electron chi connectivity index (χ0n) is 15.2. The fourth-order valence-electron chi connectivity index (χ4n) is 2.73. The first-order chi connectivity index (χ1) is 13.6. The van der Waals surface area contributed by atoms with Gasteiger partial charge >= 0.3 is 12.2 Å². The normalized spacial score (nSPS) is 14.4. The molecule has 0 aliphatic carbocycles. The van der Waals surface area contributed by atoms with Crippen LogP contribution in [0.5, 0.6) is 0 Å². The minimum atomic E-state index is -4.42. The highest BCUT2D eigenvalue weighted by atomic mass is 19.4. The van der Waals surface area contributed by atoms with Crippen molar-refractivity contribution in [1.29, 1.82) is 0 Å². The number of anilines is 2. The predicted molar refractivity (Wildman–Crippen MR) is 101 cm³/mol. The van der Waals surface area contributed by atoms with Gasteiger partial charge in [0.15, 0.2) is 0 Å². The van der Waals surface area contributed by atoms with Gasteiger partial charge in [0.05, 0.1) is 17.8 Å². The molecule has 6 nitrogen and oxygen atoms in total. The van der Waals surface area contributed by atoms with Crippen molar-refractivity contribution in [3.05, 3.63) is 65.2 Å². The number of aryl methyl sites for hydroxylation is 1. The summed E-state index contributed by atoms with van der Waals surface area (Å²) in [5.74, 6) is -0.916. The van der Waals surface area contributed by atoms with Crippen LogP contribution in [-0.2, 0) is 15.8 Å². The standard InChI is InChI=1S/C20H16F3N3O3/c1-12-2-8-15(10-16(12)26-18(28)11-24-19(26)29)25-17(27)9-5-13-3-6-14(7-4-13)20(21,22)23/h2-10H,11H2,1H3,(H,24,29)(H,25,27)/b9-5+. The molecule has 4 amide bonds. The van der Waals surface area contributed by atoms with Crippen LogP contribution >= 0.6 is 0 Å². The van der Waals surface area contributed by atoms with Gasteiger partial charge in [0.25, 0.3) is 5.91 Å². The molecular weight excluding hydrogens is 387 g/mol. The SMILES string of the molecule is Cc1ccc(NC(=O)/C=C/c2ccc(C(F)(F)F)cc2)cc1N1C(=O)CNC1=O. The second-order valence-electron chi connectivity index (χ2n) is 6.33. The molecule has 1 saturated heterocycles. The lowest BCUT2D eigenvalue weighted by Gasteiger charge is -2.16. The van der Waals surface area contributed by atoms with Crippen LogP contribution in [0.25, 0.3) is 6.08 Å². The number of urea groups is 1. The average molecular weight is 403 g/mol. The maximum absolute atomic E-state index is 12.6. The molecule has 2 aromatic carbocycles. The molecule has 3 rings (SSSR count). The summed E-state index contributed by atoms with van der Waals surface area (Å²) in [6.45, 7) is 1.63. The van der Waals surface area contributed by atoms with Gasteiger partial charge in [-0.05, 0) is 48.4 Å². The summed E-state index contributed by atoms with van der Waals surface area (Å²) >= 11 is 0. The Morgan fingerprint density at radius 3 is 2.41 bits per heavy atom. The molecule has 0 saturated carbocycles. The Hall–Kier alpha value is -3.62. The number of carbonyl (C=O) groups excluding carboxylic acids is 3. The predicted octanol–water partition coefficient (Wildman–Crippen LogP) is 3.72. The number of halogens is 3. The fraction of sp³-hybridized carbons (Fsp3) is 0.150. The van der Waals surface area contributed by atoms with E-state index in [1.54, 1.807) is 19.1 Å². The number of amides is 4. The summed E-state index contributed by atoms with van der Waals surface area (Å²) in [6.07, 6.45) is -1.87. The number of alkyl halides is 3. The molecule has 150 valence electrons. The molecule has 0 bridgehead atoms. The number of nitrogens with zero attached hydrogens (tertiary/aromatic N) is 1. The smallest absolute Gasteiger partial charge is 0.328 e. The highest BCUT2D eigenvalue weighted by molar-refractivity contribution is 6.20. The maximum atomic E-state index is 12.6. The lowest BCUT2D eigenvalue weighted by Crippen LogP contribution is -2.31. The minimum absolute atomic E-state index is 0.0925. The molecule has 1 aliphatic heterocycles. The summed E-state index contributed by atoms with van der Waals surface area (Å²) < 4.78 is 37.7. The van der Waals surface area contributed by atoms with E-state index in [1.807, 2.05) is 0 Å². The Morgan fingerprint density at radius 2 is 1.83 bits per heavy atom. The lowest BCUT2D eigenvalue weighted by molar-refractivity contribution is -0.137. The molecule has 1 fully saturated rings. The van der Waals surface area contributed by atoms with Gasteiger partial charge in [-0.25, -0.2) is 9.69 Å². The molecule has 1 heterocycles. The van der Waals surface area contributed by atoms with Crippen LogP contribution in [0.15, 0.2) is 48.5 Å². The molecule has 0 atom stereocenters. The van der Waals surface area contributed by atoms with E-state index in [-0.39, 0.29) is 6.54 Å². The zero-order valence-corrected chi connectivity index (χ0v) is 15.2. The third-order valence-corrected chi connectivity index (χ3v) is 4.23. The van der Waals surface area contributed by atoms with Crippen molar-refractivity contribution in [2.45, 2.75) is 13.1 Å². The van der Waals surface area contributed by atoms with E-state index in [4.69, 9.17) is 0 Å². The van der Waals surface area contributed by atoms with Gasteiger partial charge in [-0.2, -0.15) is 13.2 Å². The van der Waals surface area contributed by atoms with E-state index >= 15 is 0 Å². The molecule has 0 aromatic heterocycles. The number of hydrogen-bond acceptors (Lipinski definition) is 3. The second kappa shape index (κ2) is 7.78. The minimum Gasteiger partial charge on any atom is -0.328 e. The Kier molecular flexibility index (Phi) is 5.40. The second-order valence-corrected chi connectivity index (χ2v) is 6.33. The van der Waals surface area contributed by atoms with Crippen LogP contribution in [0.2, 0.25) is 0 Å². The van der Waals surface area contributed by atoms with Crippen LogP contribution in [-0.4, -0.2) is 24.4 Å². The Labute approximate surface area is 164 Å². The highest BCUT2D eigenvalue weighted by Gasteiger charge is 2.31. The van der Waals surface area contributed by atoms with E-state index in [2.05, 4.69) is 10.6 Å². The van der Waals surface area contributed by atoms with Gasteiger partial charge in [-0.1, -0.05) is 18.2 Å². The summed E-state index contributed by atoms with van der Waals surface area (Å²) in [6, 6.07) is 8.61.